The Labute approximate surface area is 128 Å². The monoisotopic (exact) mass is 288 g/mol. The highest BCUT2D eigenvalue weighted by Gasteiger charge is 2.52. The number of hydrogen-bond donors (Lipinski definition) is 0. The SMILES string of the molecule is CC1(C)OB(c2ccccc2OCC2CCC2)OC1(C)C. The summed E-state index contributed by atoms with van der Waals surface area (Å²) in [4.78, 5) is 0. The fourth-order valence-electron chi connectivity index (χ4n) is 2.64. The van der Waals surface area contributed by atoms with Gasteiger partial charge in [-0.15, -0.1) is 0 Å². The molecular weight excluding hydrogens is 263 g/mol. The Kier molecular flexibility index (Phi) is 3.79. The van der Waals surface area contributed by atoms with Crippen molar-refractivity contribution < 1.29 is 14.0 Å². The van der Waals surface area contributed by atoms with E-state index < -0.39 is 0 Å². The maximum absolute atomic E-state index is 6.14. The van der Waals surface area contributed by atoms with Crippen molar-refractivity contribution in [2.45, 2.75) is 58.2 Å². The molecule has 0 radical (unpaired) electrons. The molecule has 2 aliphatic rings. The van der Waals surface area contributed by atoms with E-state index in [0.29, 0.717) is 0 Å². The summed E-state index contributed by atoms with van der Waals surface area (Å²) in [6, 6.07) is 8.07. The smallest absolute Gasteiger partial charge is 0.494 e. The summed E-state index contributed by atoms with van der Waals surface area (Å²) in [6.45, 7) is 9.10. The van der Waals surface area contributed by atoms with Crippen molar-refractivity contribution in [2.24, 2.45) is 5.92 Å². The molecule has 0 spiro atoms. The first-order chi connectivity index (χ1) is 9.89. The lowest BCUT2D eigenvalue weighted by Gasteiger charge is -2.32. The standard InChI is InChI=1S/C17H25BO3/c1-16(2)17(3,4)21-18(20-16)14-10-5-6-11-15(14)19-12-13-8-7-9-13/h5-6,10-11,13H,7-9,12H2,1-4H3. The molecule has 1 aromatic carbocycles. The predicted octanol–water partition coefficient (Wildman–Crippen LogP) is 3.16. The second-order valence-corrected chi connectivity index (χ2v) is 7.23. The van der Waals surface area contributed by atoms with E-state index >= 15 is 0 Å². The van der Waals surface area contributed by atoms with E-state index in [-0.39, 0.29) is 18.3 Å². The minimum atomic E-state index is -0.354. The molecule has 1 aliphatic heterocycles. The molecule has 1 heterocycles. The van der Waals surface area contributed by atoms with Gasteiger partial charge in [-0.3, -0.25) is 0 Å². The second-order valence-electron chi connectivity index (χ2n) is 7.23. The van der Waals surface area contributed by atoms with Crippen LogP contribution in [-0.4, -0.2) is 24.9 Å². The Morgan fingerprint density at radius 1 is 1.10 bits per heavy atom. The zero-order valence-electron chi connectivity index (χ0n) is 13.5. The molecule has 3 rings (SSSR count). The van der Waals surface area contributed by atoms with E-state index in [1.54, 1.807) is 0 Å². The predicted molar refractivity (Wildman–Crippen MR) is 85.0 cm³/mol. The highest BCUT2D eigenvalue weighted by Crippen LogP contribution is 2.37. The van der Waals surface area contributed by atoms with Gasteiger partial charge in [0.2, 0.25) is 0 Å². The third kappa shape index (κ3) is 2.84. The van der Waals surface area contributed by atoms with Crippen LogP contribution in [0.4, 0.5) is 0 Å². The Morgan fingerprint density at radius 2 is 1.71 bits per heavy atom. The summed E-state index contributed by atoms with van der Waals surface area (Å²) in [7, 11) is -0.354. The van der Waals surface area contributed by atoms with Crippen LogP contribution >= 0.6 is 0 Å². The minimum absolute atomic E-state index is 0.321. The van der Waals surface area contributed by atoms with Crippen LogP contribution in [0.1, 0.15) is 47.0 Å². The van der Waals surface area contributed by atoms with Gasteiger partial charge in [-0.2, -0.15) is 0 Å². The molecule has 21 heavy (non-hydrogen) atoms. The molecule has 3 nitrogen and oxygen atoms in total. The van der Waals surface area contributed by atoms with Gasteiger partial charge in [-0.25, -0.2) is 0 Å². The fourth-order valence-corrected chi connectivity index (χ4v) is 2.64. The Balaban J connectivity index is 1.76. The van der Waals surface area contributed by atoms with Crippen molar-refractivity contribution >= 4 is 12.6 Å². The number of rotatable bonds is 4. The molecule has 0 unspecified atom stereocenters. The highest BCUT2D eigenvalue weighted by molar-refractivity contribution is 6.63. The van der Waals surface area contributed by atoms with Crippen LogP contribution in [0.3, 0.4) is 0 Å². The van der Waals surface area contributed by atoms with Gasteiger partial charge >= 0.3 is 7.12 Å². The quantitative estimate of drug-likeness (QED) is 0.796. The van der Waals surface area contributed by atoms with Crippen molar-refractivity contribution in [2.75, 3.05) is 6.61 Å². The summed E-state index contributed by atoms with van der Waals surface area (Å²) in [5.41, 5.74) is 0.354. The zero-order valence-corrected chi connectivity index (χ0v) is 13.5. The van der Waals surface area contributed by atoms with Gasteiger partial charge in [0.15, 0.2) is 0 Å². The molecule has 2 fully saturated rings. The molecule has 0 bridgehead atoms. The van der Waals surface area contributed by atoms with Gasteiger partial charge in [0.25, 0.3) is 0 Å². The third-order valence-electron chi connectivity index (χ3n) is 5.13. The molecule has 1 saturated heterocycles. The first kappa shape index (κ1) is 14.9. The average Bonchev–Trinajstić information content (AvgIpc) is 2.57. The maximum Gasteiger partial charge on any atom is 0.498 e. The van der Waals surface area contributed by atoms with Gasteiger partial charge in [-0.05, 0) is 52.5 Å². The average molecular weight is 288 g/mol. The molecule has 4 heteroatoms. The number of hydrogen-bond acceptors (Lipinski definition) is 3. The largest absolute Gasteiger partial charge is 0.498 e. The summed E-state index contributed by atoms with van der Waals surface area (Å²) in [5, 5.41) is 0. The van der Waals surface area contributed by atoms with Gasteiger partial charge < -0.3 is 14.0 Å². The molecule has 114 valence electrons. The van der Waals surface area contributed by atoms with Crippen LogP contribution in [-0.2, 0) is 9.31 Å². The van der Waals surface area contributed by atoms with E-state index in [4.69, 9.17) is 14.0 Å². The van der Waals surface area contributed by atoms with Crippen LogP contribution in [0.2, 0.25) is 0 Å². The van der Waals surface area contributed by atoms with Crippen molar-refractivity contribution in [1.82, 2.24) is 0 Å². The molecule has 0 aromatic heterocycles. The summed E-state index contributed by atoms with van der Waals surface area (Å²) in [6.07, 6.45) is 3.92. The Bertz CT molecular complexity index is 493. The number of benzene rings is 1. The summed E-state index contributed by atoms with van der Waals surface area (Å²) >= 11 is 0. The molecule has 1 saturated carbocycles. The summed E-state index contributed by atoms with van der Waals surface area (Å²) < 4.78 is 18.3. The molecule has 1 aromatic rings. The van der Waals surface area contributed by atoms with Crippen LogP contribution in [0.25, 0.3) is 0 Å². The van der Waals surface area contributed by atoms with E-state index in [9.17, 15) is 0 Å². The molecular formula is C17H25BO3. The van der Waals surface area contributed by atoms with E-state index in [0.717, 1.165) is 23.7 Å². The van der Waals surface area contributed by atoms with E-state index in [1.165, 1.54) is 19.3 Å². The Morgan fingerprint density at radius 3 is 2.29 bits per heavy atom. The first-order valence-electron chi connectivity index (χ1n) is 7.96. The highest BCUT2D eigenvalue weighted by atomic mass is 16.7. The summed E-state index contributed by atoms with van der Waals surface area (Å²) in [5.74, 6) is 1.61. The van der Waals surface area contributed by atoms with Gasteiger partial charge in [0, 0.05) is 5.46 Å². The van der Waals surface area contributed by atoms with Gasteiger partial charge in [-0.1, -0.05) is 24.6 Å². The molecule has 0 N–H and O–H groups in total. The maximum atomic E-state index is 6.14. The molecule has 0 amide bonds. The lowest BCUT2D eigenvalue weighted by molar-refractivity contribution is 0.00578. The first-order valence-corrected chi connectivity index (χ1v) is 7.96. The van der Waals surface area contributed by atoms with Crippen LogP contribution in [0, 0.1) is 5.92 Å². The van der Waals surface area contributed by atoms with Gasteiger partial charge in [0.05, 0.1) is 17.8 Å². The minimum Gasteiger partial charge on any atom is -0.494 e. The van der Waals surface area contributed by atoms with E-state index in [2.05, 4.69) is 27.7 Å². The Hall–Kier alpha value is -0.995. The lowest BCUT2D eigenvalue weighted by Crippen LogP contribution is -2.41. The van der Waals surface area contributed by atoms with E-state index in [1.807, 2.05) is 24.3 Å². The van der Waals surface area contributed by atoms with Crippen LogP contribution < -0.4 is 10.2 Å². The normalized spacial score (nSPS) is 23.9. The molecule has 1 aliphatic carbocycles. The van der Waals surface area contributed by atoms with Crippen molar-refractivity contribution in [3.63, 3.8) is 0 Å². The second kappa shape index (κ2) is 5.33. The van der Waals surface area contributed by atoms with Crippen molar-refractivity contribution in [3.05, 3.63) is 24.3 Å². The third-order valence-corrected chi connectivity index (χ3v) is 5.13. The lowest BCUT2D eigenvalue weighted by atomic mass is 9.78. The van der Waals surface area contributed by atoms with Crippen LogP contribution in [0.15, 0.2) is 24.3 Å². The van der Waals surface area contributed by atoms with Crippen LogP contribution in [0.5, 0.6) is 5.75 Å². The number of ether oxygens (including phenoxy) is 1. The molecule has 0 atom stereocenters. The van der Waals surface area contributed by atoms with Gasteiger partial charge in [0.1, 0.15) is 5.75 Å². The fraction of sp³-hybridized carbons (Fsp3) is 0.647. The number of para-hydroxylation sites is 1. The topological polar surface area (TPSA) is 27.7 Å². The van der Waals surface area contributed by atoms with Crippen molar-refractivity contribution in [3.8, 4) is 5.75 Å². The van der Waals surface area contributed by atoms with Crippen molar-refractivity contribution in [1.29, 1.82) is 0 Å². The zero-order chi connectivity index (χ0) is 15.1.